The van der Waals surface area contributed by atoms with Crippen LogP contribution in [-0.2, 0) is 5.41 Å². The Labute approximate surface area is 122 Å². The summed E-state index contributed by atoms with van der Waals surface area (Å²) in [6.07, 6.45) is 7.16. The van der Waals surface area contributed by atoms with E-state index in [4.69, 9.17) is 0 Å². The van der Waals surface area contributed by atoms with Gasteiger partial charge in [0.2, 0.25) is 0 Å². The molecule has 0 unspecified atom stereocenters. The molecule has 3 rings (SSSR count). The van der Waals surface area contributed by atoms with Crippen LogP contribution in [0, 0.1) is 12.3 Å². The monoisotopic (exact) mass is 268 g/mol. The Kier molecular flexibility index (Phi) is 3.00. The van der Waals surface area contributed by atoms with Crippen molar-refractivity contribution in [3.63, 3.8) is 0 Å². The SMILES string of the molecule is C=CN(C)C(=NC)C1(c2cccc(C)c2)CC2(CC2)C1. The molecule has 0 atom stereocenters. The van der Waals surface area contributed by atoms with Gasteiger partial charge in [-0.2, -0.15) is 0 Å². The van der Waals surface area contributed by atoms with Crippen molar-refractivity contribution in [2.75, 3.05) is 14.1 Å². The molecule has 1 aromatic rings. The molecule has 2 nitrogen and oxygen atoms in total. The summed E-state index contributed by atoms with van der Waals surface area (Å²) in [7, 11) is 3.97. The maximum atomic E-state index is 4.62. The van der Waals surface area contributed by atoms with Crippen molar-refractivity contribution in [3.05, 3.63) is 48.2 Å². The summed E-state index contributed by atoms with van der Waals surface area (Å²) in [4.78, 5) is 6.72. The maximum absolute atomic E-state index is 4.62. The highest BCUT2D eigenvalue weighted by Crippen LogP contribution is 2.69. The lowest BCUT2D eigenvalue weighted by molar-refractivity contribution is 0.173. The number of aliphatic imine (C=N–C) groups is 1. The molecule has 0 amide bonds. The first-order valence-corrected chi connectivity index (χ1v) is 7.45. The molecule has 1 spiro atoms. The summed E-state index contributed by atoms with van der Waals surface area (Å²) < 4.78 is 0. The molecule has 0 N–H and O–H groups in total. The Morgan fingerprint density at radius 3 is 2.55 bits per heavy atom. The molecule has 0 radical (unpaired) electrons. The van der Waals surface area contributed by atoms with E-state index in [1.54, 1.807) is 0 Å². The van der Waals surface area contributed by atoms with E-state index in [0.29, 0.717) is 5.41 Å². The van der Waals surface area contributed by atoms with Gasteiger partial charge in [-0.05, 0) is 49.8 Å². The molecule has 0 aliphatic heterocycles. The third-order valence-electron chi connectivity index (χ3n) is 5.13. The minimum atomic E-state index is 0.0974. The van der Waals surface area contributed by atoms with Crippen molar-refractivity contribution in [2.24, 2.45) is 10.4 Å². The second-order valence-corrected chi connectivity index (χ2v) is 6.65. The predicted molar refractivity (Wildman–Crippen MR) is 85.1 cm³/mol. The fourth-order valence-electron chi connectivity index (χ4n) is 3.99. The fourth-order valence-corrected chi connectivity index (χ4v) is 3.99. The van der Waals surface area contributed by atoms with Crippen molar-refractivity contribution >= 4 is 5.84 Å². The summed E-state index contributed by atoms with van der Waals surface area (Å²) in [6, 6.07) is 8.94. The summed E-state index contributed by atoms with van der Waals surface area (Å²) >= 11 is 0. The molecular weight excluding hydrogens is 244 g/mol. The topological polar surface area (TPSA) is 15.6 Å². The van der Waals surface area contributed by atoms with E-state index >= 15 is 0 Å². The highest BCUT2D eigenvalue weighted by atomic mass is 15.2. The summed E-state index contributed by atoms with van der Waals surface area (Å²) in [5.41, 5.74) is 3.47. The maximum Gasteiger partial charge on any atom is 0.113 e. The molecule has 0 bridgehead atoms. The first-order chi connectivity index (χ1) is 9.55. The summed E-state index contributed by atoms with van der Waals surface area (Å²) in [5, 5.41) is 0. The predicted octanol–water partition coefficient (Wildman–Crippen LogP) is 3.91. The van der Waals surface area contributed by atoms with Gasteiger partial charge in [0.25, 0.3) is 0 Å². The molecule has 1 aromatic carbocycles. The van der Waals surface area contributed by atoms with Crippen LogP contribution in [0.3, 0.4) is 0 Å². The minimum Gasteiger partial charge on any atom is -0.340 e. The van der Waals surface area contributed by atoms with Crippen molar-refractivity contribution < 1.29 is 0 Å². The van der Waals surface area contributed by atoms with Crippen LogP contribution >= 0.6 is 0 Å². The molecule has 106 valence electrons. The van der Waals surface area contributed by atoms with Gasteiger partial charge in [0, 0.05) is 14.1 Å². The van der Waals surface area contributed by atoms with Gasteiger partial charge >= 0.3 is 0 Å². The van der Waals surface area contributed by atoms with Gasteiger partial charge in [0.15, 0.2) is 0 Å². The zero-order valence-corrected chi connectivity index (χ0v) is 12.8. The van der Waals surface area contributed by atoms with Crippen LogP contribution in [0.1, 0.15) is 36.8 Å². The number of hydrogen-bond acceptors (Lipinski definition) is 1. The zero-order valence-electron chi connectivity index (χ0n) is 12.8. The molecule has 2 aliphatic rings. The van der Waals surface area contributed by atoms with E-state index in [-0.39, 0.29) is 5.41 Å². The van der Waals surface area contributed by atoms with Gasteiger partial charge in [-0.25, -0.2) is 0 Å². The molecule has 20 heavy (non-hydrogen) atoms. The van der Waals surface area contributed by atoms with Crippen LogP contribution in [0.4, 0.5) is 0 Å². The van der Waals surface area contributed by atoms with Crippen molar-refractivity contribution in [3.8, 4) is 0 Å². The standard InChI is InChI=1S/C18H24N2/c1-5-20(4)16(19-3)18(12-17(13-18)9-10-17)15-8-6-7-14(2)11-15/h5-8,11H,1,9-10,12-13H2,2-4H3. The molecule has 2 heteroatoms. The lowest BCUT2D eigenvalue weighted by atomic mass is 9.55. The first-order valence-electron chi connectivity index (χ1n) is 7.45. The number of likely N-dealkylation sites (N-methyl/N-ethyl adjacent to an activating group) is 1. The second-order valence-electron chi connectivity index (χ2n) is 6.65. The van der Waals surface area contributed by atoms with Gasteiger partial charge in [0.05, 0.1) is 5.41 Å². The number of aryl methyl sites for hydroxylation is 1. The van der Waals surface area contributed by atoms with E-state index < -0.39 is 0 Å². The number of rotatable bonds is 3. The van der Waals surface area contributed by atoms with Crippen molar-refractivity contribution in [1.82, 2.24) is 4.90 Å². The van der Waals surface area contributed by atoms with Gasteiger partial charge < -0.3 is 4.90 Å². The molecule has 0 saturated heterocycles. The van der Waals surface area contributed by atoms with Crippen LogP contribution in [0.2, 0.25) is 0 Å². The van der Waals surface area contributed by atoms with Crippen LogP contribution in [0.25, 0.3) is 0 Å². The normalized spacial score (nSPS) is 22.2. The molecule has 0 heterocycles. The lowest BCUT2D eigenvalue weighted by Gasteiger charge is -2.51. The van der Waals surface area contributed by atoms with Crippen LogP contribution < -0.4 is 0 Å². The van der Waals surface area contributed by atoms with Crippen molar-refractivity contribution in [2.45, 2.75) is 38.0 Å². The Bertz CT molecular complexity index is 559. The number of benzene rings is 1. The van der Waals surface area contributed by atoms with Crippen LogP contribution in [0.5, 0.6) is 0 Å². The Hall–Kier alpha value is -1.57. The number of amidine groups is 1. The van der Waals surface area contributed by atoms with E-state index in [1.807, 2.05) is 13.2 Å². The van der Waals surface area contributed by atoms with Gasteiger partial charge in [0.1, 0.15) is 5.84 Å². The number of nitrogens with zero attached hydrogens (tertiary/aromatic N) is 2. The van der Waals surface area contributed by atoms with E-state index in [2.05, 4.69) is 54.7 Å². The smallest absolute Gasteiger partial charge is 0.113 e. The van der Waals surface area contributed by atoms with E-state index in [9.17, 15) is 0 Å². The quantitative estimate of drug-likeness (QED) is 0.599. The van der Waals surface area contributed by atoms with Gasteiger partial charge in [-0.3, -0.25) is 4.99 Å². The Balaban J connectivity index is 2.03. The second kappa shape index (κ2) is 4.47. The fraction of sp³-hybridized carbons (Fsp3) is 0.500. The van der Waals surface area contributed by atoms with Crippen LogP contribution in [0.15, 0.2) is 42.0 Å². The van der Waals surface area contributed by atoms with Crippen LogP contribution in [-0.4, -0.2) is 24.8 Å². The Morgan fingerprint density at radius 2 is 2.05 bits per heavy atom. The third-order valence-corrected chi connectivity index (χ3v) is 5.13. The Morgan fingerprint density at radius 1 is 1.35 bits per heavy atom. The van der Waals surface area contributed by atoms with Gasteiger partial charge in [-0.1, -0.05) is 36.4 Å². The molecular formula is C18H24N2. The molecule has 2 fully saturated rings. The lowest BCUT2D eigenvalue weighted by Crippen LogP contribution is -2.53. The number of hydrogen-bond donors (Lipinski definition) is 0. The van der Waals surface area contributed by atoms with E-state index in [0.717, 1.165) is 5.84 Å². The third kappa shape index (κ3) is 1.90. The largest absolute Gasteiger partial charge is 0.340 e. The van der Waals surface area contributed by atoms with Crippen molar-refractivity contribution in [1.29, 1.82) is 0 Å². The summed E-state index contributed by atoms with van der Waals surface area (Å²) in [5.74, 6) is 1.16. The highest BCUT2D eigenvalue weighted by Gasteiger charge is 2.63. The average molecular weight is 268 g/mol. The molecule has 2 saturated carbocycles. The summed E-state index contributed by atoms with van der Waals surface area (Å²) in [6.45, 7) is 6.08. The molecule has 2 aliphatic carbocycles. The highest BCUT2D eigenvalue weighted by molar-refractivity contribution is 5.95. The average Bonchev–Trinajstić information content (AvgIpc) is 3.18. The van der Waals surface area contributed by atoms with E-state index in [1.165, 1.54) is 36.8 Å². The zero-order chi connectivity index (χ0) is 14.4. The molecule has 0 aromatic heterocycles. The minimum absolute atomic E-state index is 0.0974. The van der Waals surface area contributed by atoms with Gasteiger partial charge in [-0.15, -0.1) is 0 Å². The first kappa shape index (κ1) is 13.4.